The Labute approximate surface area is 124 Å². The maximum Gasteiger partial charge on any atom is 0.129 e. The highest BCUT2D eigenvalue weighted by Crippen LogP contribution is 2.41. The summed E-state index contributed by atoms with van der Waals surface area (Å²) < 4.78 is 10.7. The molecule has 0 bridgehead atoms. The van der Waals surface area contributed by atoms with Gasteiger partial charge in [0.25, 0.3) is 0 Å². The molecular formula is C17H17NO3. The maximum atomic E-state index is 11.0. The highest BCUT2D eigenvalue weighted by atomic mass is 16.5. The quantitative estimate of drug-likeness (QED) is 0.937. The third kappa shape index (κ3) is 2.69. The van der Waals surface area contributed by atoms with Crippen molar-refractivity contribution >= 4 is 0 Å². The Bertz CT molecular complexity index is 647. The van der Waals surface area contributed by atoms with E-state index in [1.165, 1.54) is 0 Å². The maximum absolute atomic E-state index is 11.0. The van der Waals surface area contributed by atoms with Crippen molar-refractivity contribution in [3.8, 4) is 17.6 Å². The second-order valence-corrected chi connectivity index (χ2v) is 4.80. The van der Waals surface area contributed by atoms with Crippen molar-refractivity contribution in [3.05, 3.63) is 59.2 Å². The summed E-state index contributed by atoms with van der Waals surface area (Å²) in [7, 11) is 3.10. The average Bonchev–Trinajstić information content (AvgIpc) is 2.53. The van der Waals surface area contributed by atoms with Gasteiger partial charge in [-0.3, -0.25) is 0 Å². The predicted octanol–water partition coefficient (Wildman–Crippen LogP) is 2.83. The Balaban J connectivity index is 2.59. The Morgan fingerprint density at radius 1 is 1.00 bits per heavy atom. The van der Waals surface area contributed by atoms with E-state index in [2.05, 4.69) is 6.07 Å². The molecule has 0 aliphatic heterocycles. The molecule has 4 nitrogen and oxygen atoms in total. The highest BCUT2D eigenvalue weighted by Gasteiger charge is 2.32. The molecule has 108 valence electrons. The molecule has 0 aromatic heterocycles. The molecule has 0 aliphatic rings. The third-order valence-corrected chi connectivity index (χ3v) is 3.49. The summed E-state index contributed by atoms with van der Waals surface area (Å²) in [5.74, 6) is 1.09. The second-order valence-electron chi connectivity index (χ2n) is 4.80. The number of rotatable bonds is 4. The van der Waals surface area contributed by atoms with E-state index in [0.29, 0.717) is 28.2 Å². The van der Waals surface area contributed by atoms with E-state index in [4.69, 9.17) is 14.7 Å². The van der Waals surface area contributed by atoms with Crippen LogP contribution in [0.4, 0.5) is 0 Å². The molecule has 0 heterocycles. The van der Waals surface area contributed by atoms with Crippen molar-refractivity contribution < 1.29 is 14.6 Å². The minimum absolute atomic E-state index is 0.543. The zero-order valence-electron chi connectivity index (χ0n) is 12.3. The van der Waals surface area contributed by atoms with Crippen LogP contribution in [0.25, 0.3) is 0 Å². The van der Waals surface area contributed by atoms with Crippen molar-refractivity contribution in [2.24, 2.45) is 0 Å². The number of benzene rings is 2. The summed E-state index contributed by atoms with van der Waals surface area (Å²) in [4.78, 5) is 0. The van der Waals surface area contributed by atoms with Crippen LogP contribution in [0.1, 0.15) is 23.6 Å². The molecule has 1 unspecified atom stereocenters. The second kappa shape index (κ2) is 5.86. The molecule has 1 atom stereocenters. The number of aliphatic hydroxyl groups is 1. The molecule has 0 saturated carbocycles. The fraction of sp³-hybridized carbons (Fsp3) is 0.235. The van der Waals surface area contributed by atoms with Gasteiger partial charge in [-0.25, -0.2) is 0 Å². The van der Waals surface area contributed by atoms with Gasteiger partial charge in [0, 0.05) is 0 Å². The van der Waals surface area contributed by atoms with Gasteiger partial charge in [-0.1, -0.05) is 18.2 Å². The zero-order valence-corrected chi connectivity index (χ0v) is 12.3. The van der Waals surface area contributed by atoms with Crippen LogP contribution in [0.15, 0.2) is 42.5 Å². The molecular weight excluding hydrogens is 266 g/mol. The smallest absolute Gasteiger partial charge is 0.129 e. The number of nitrogens with zero attached hydrogens (tertiary/aromatic N) is 1. The van der Waals surface area contributed by atoms with E-state index >= 15 is 0 Å². The lowest BCUT2D eigenvalue weighted by atomic mass is 9.86. The minimum Gasteiger partial charge on any atom is -0.496 e. The highest BCUT2D eigenvalue weighted by molar-refractivity contribution is 5.53. The van der Waals surface area contributed by atoms with E-state index in [1.807, 2.05) is 0 Å². The molecule has 0 amide bonds. The van der Waals surface area contributed by atoms with Crippen molar-refractivity contribution in [2.45, 2.75) is 12.5 Å². The average molecular weight is 283 g/mol. The van der Waals surface area contributed by atoms with Gasteiger partial charge in [0.15, 0.2) is 0 Å². The molecule has 1 N–H and O–H groups in total. The lowest BCUT2D eigenvalue weighted by Gasteiger charge is -2.28. The van der Waals surface area contributed by atoms with Gasteiger partial charge in [-0.2, -0.15) is 5.26 Å². The fourth-order valence-electron chi connectivity index (χ4n) is 2.34. The molecule has 0 radical (unpaired) electrons. The summed E-state index contributed by atoms with van der Waals surface area (Å²) in [5, 5.41) is 19.9. The summed E-state index contributed by atoms with van der Waals surface area (Å²) in [6, 6.07) is 14.2. The standard InChI is InChI=1S/C17H17NO3/c1-17(19,13-9-7-12(11-18)8-10-13)16-14(20-2)5-4-6-15(16)21-3/h4-10,19H,1-3H3. The molecule has 0 fully saturated rings. The van der Waals surface area contributed by atoms with Crippen LogP contribution in [0.3, 0.4) is 0 Å². The largest absolute Gasteiger partial charge is 0.496 e. The first-order valence-electron chi connectivity index (χ1n) is 6.49. The number of ether oxygens (including phenoxy) is 2. The monoisotopic (exact) mass is 283 g/mol. The number of hydrogen-bond donors (Lipinski definition) is 1. The Kier molecular flexibility index (Phi) is 4.15. The molecule has 2 aromatic rings. The van der Waals surface area contributed by atoms with E-state index < -0.39 is 5.60 Å². The molecule has 0 spiro atoms. The van der Waals surface area contributed by atoms with Gasteiger partial charge in [-0.05, 0) is 36.8 Å². The molecule has 4 heteroatoms. The Hall–Kier alpha value is -2.51. The van der Waals surface area contributed by atoms with Crippen molar-refractivity contribution in [2.75, 3.05) is 14.2 Å². The molecule has 21 heavy (non-hydrogen) atoms. The van der Waals surface area contributed by atoms with Gasteiger partial charge >= 0.3 is 0 Å². The van der Waals surface area contributed by atoms with Gasteiger partial charge in [0.1, 0.15) is 17.1 Å². The molecule has 2 rings (SSSR count). The van der Waals surface area contributed by atoms with Crippen molar-refractivity contribution in [1.29, 1.82) is 5.26 Å². The van der Waals surface area contributed by atoms with Crippen LogP contribution >= 0.6 is 0 Å². The Morgan fingerprint density at radius 3 is 1.95 bits per heavy atom. The first-order valence-corrected chi connectivity index (χ1v) is 6.49. The predicted molar refractivity (Wildman–Crippen MR) is 79.4 cm³/mol. The van der Waals surface area contributed by atoms with Crippen LogP contribution in [-0.4, -0.2) is 19.3 Å². The SMILES string of the molecule is COc1cccc(OC)c1C(C)(O)c1ccc(C#N)cc1. The fourth-order valence-corrected chi connectivity index (χ4v) is 2.34. The number of hydrogen-bond acceptors (Lipinski definition) is 4. The van der Waals surface area contributed by atoms with Crippen LogP contribution in [-0.2, 0) is 5.60 Å². The van der Waals surface area contributed by atoms with Gasteiger partial charge in [-0.15, -0.1) is 0 Å². The third-order valence-electron chi connectivity index (χ3n) is 3.49. The Morgan fingerprint density at radius 2 is 1.52 bits per heavy atom. The molecule has 2 aromatic carbocycles. The van der Waals surface area contributed by atoms with Gasteiger partial charge in [0.05, 0.1) is 31.4 Å². The lowest BCUT2D eigenvalue weighted by molar-refractivity contribution is 0.0956. The van der Waals surface area contributed by atoms with E-state index in [9.17, 15) is 5.11 Å². The van der Waals surface area contributed by atoms with Crippen LogP contribution in [0, 0.1) is 11.3 Å². The summed E-state index contributed by atoms with van der Waals surface area (Å²) in [6.07, 6.45) is 0. The summed E-state index contributed by atoms with van der Waals surface area (Å²) in [5.41, 5.74) is 0.455. The van der Waals surface area contributed by atoms with Crippen LogP contribution in [0.2, 0.25) is 0 Å². The van der Waals surface area contributed by atoms with Gasteiger partial charge < -0.3 is 14.6 Å². The summed E-state index contributed by atoms with van der Waals surface area (Å²) >= 11 is 0. The summed E-state index contributed by atoms with van der Waals surface area (Å²) in [6.45, 7) is 1.68. The lowest BCUT2D eigenvalue weighted by Crippen LogP contribution is -2.24. The minimum atomic E-state index is -1.30. The normalized spacial score (nSPS) is 13.1. The topological polar surface area (TPSA) is 62.5 Å². The van der Waals surface area contributed by atoms with Gasteiger partial charge in [0.2, 0.25) is 0 Å². The first kappa shape index (κ1) is 14.9. The van der Waals surface area contributed by atoms with Crippen LogP contribution in [0.5, 0.6) is 11.5 Å². The number of methoxy groups -OCH3 is 2. The molecule has 0 saturated heterocycles. The zero-order chi connectivity index (χ0) is 15.5. The van der Waals surface area contributed by atoms with E-state index in [0.717, 1.165) is 0 Å². The van der Waals surface area contributed by atoms with E-state index in [-0.39, 0.29) is 0 Å². The first-order chi connectivity index (χ1) is 10.0. The van der Waals surface area contributed by atoms with Crippen LogP contribution < -0.4 is 9.47 Å². The molecule has 0 aliphatic carbocycles. The van der Waals surface area contributed by atoms with E-state index in [1.54, 1.807) is 63.6 Å². The van der Waals surface area contributed by atoms with Crippen molar-refractivity contribution in [1.82, 2.24) is 0 Å². The van der Waals surface area contributed by atoms with Crippen molar-refractivity contribution in [3.63, 3.8) is 0 Å². The number of nitriles is 1.